The largest absolute Gasteiger partial charge is 0.496 e. The Morgan fingerprint density at radius 1 is 1.00 bits per heavy atom. The average molecular weight is 548 g/mol. The Labute approximate surface area is 214 Å². The molecule has 13 heteroatoms. The van der Waals surface area contributed by atoms with Crippen molar-refractivity contribution < 1.29 is 50.1 Å². The van der Waals surface area contributed by atoms with E-state index in [9.17, 15) is 35.9 Å². The first kappa shape index (κ1) is 29.1. The number of fused-ring (bicyclic) bond motifs is 1. The third-order valence-electron chi connectivity index (χ3n) is 6.07. The van der Waals surface area contributed by atoms with E-state index in [2.05, 4.69) is 5.32 Å². The minimum atomic E-state index is -4.97. The van der Waals surface area contributed by atoms with Crippen LogP contribution >= 0.6 is 0 Å². The van der Waals surface area contributed by atoms with Gasteiger partial charge in [-0.05, 0) is 61.7 Å². The molecule has 0 aromatic heterocycles. The molecule has 2 aromatic rings. The SMILES string of the molecule is CCOC(=O)N1c2cc(C(=O)OC)c(OC)cc2[C@H](NCc2cc(C(F)(F)F)cc(C(F)(F)F)c2)C[C@@H]1C. The number of carbonyl (C=O) groups is 2. The maximum absolute atomic E-state index is 13.3. The summed E-state index contributed by atoms with van der Waals surface area (Å²) in [4.78, 5) is 26.4. The summed E-state index contributed by atoms with van der Waals surface area (Å²) in [7, 11) is 2.48. The summed E-state index contributed by atoms with van der Waals surface area (Å²) in [6.45, 7) is 3.05. The van der Waals surface area contributed by atoms with Gasteiger partial charge in [0.2, 0.25) is 0 Å². The highest BCUT2D eigenvalue weighted by molar-refractivity contribution is 5.97. The number of halogens is 6. The van der Waals surface area contributed by atoms with Gasteiger partial charge in [-0.3, -0.25) is 4.90 Å². The molecule has 208 valence electrons. The third-order valence-corrected chi connectivity index (χ3v) is 6.07. The second-order valence-corrected chi connectivity index (χ2v) is 8.60. The Bertz CT molecular complexity index is 1170. The van der Waals surface area contributed by atoms with Crippen LogP contribution < -0.4 is 15.0 Å². The summed E-state index contributed by atoms with van der Waals surface area (Å²) in [6, 6.07) is 3.10. The van der Waals surface area contributed by atoms with E-state index in [0.717, 1.165) is 0 Å². The fourth-order valence-electron chi connectivity index (χ4n) is 4.35. The molecule has 0 saturated carbocycles. The number of amides is 1. The predicted molar refractivity (Wildman–Crippen MR) is 124 cm³/mol. The zero-order chi connectivity index (χ0) is 28.4. The van der Waals surface area contributed by atoms with Crippen molar-refractivity contribution in [2.24, 2.45) is 0 Å². The summed E-state index contributed by atoms with van der Waals surface area (Å²) >= 11 is 0. The number of hydrogen-bond donors (Lipinski definition) is 1. The molecule has 38 heavy (non-hydrogen) atoms. The van der Waals surface area contributed by atoms with Gasteiger partial charge in [-0.2, -0.15) is 26.3 Å². The molecule has 0 saturated heterocycles. The van der Waals surface area contributed by atoms with Gasteiger partial charge in [0.05, 0.1) is 37.6 Å². The molecule has 7 nitrogen and oxygen atoms in total. The van der Waals surface area contributed by atoms with Crippen LogP contribution in [0.2, 0.25) is 0 Å². The van der Waals surface area contributed by atoms with Crippen LogP contribution in [-0.4, -0.2) is 38.9 Å². The first-order valence-corrected chi connectivity index (χ1v) is 11.5. The Morgan fingerprint density at radius 3 is 2.11 bits per heavy atom. The van der Waals surface area contributed by atoms with Crippen LogP contribution in [0.25, 0.3) is 0 Å². The number of benzene rings is 2. The molecule has 2 aromatic carbocycles. The van der Waals surface area contributed by atoms with Gasteiger partial charge in [0.25, 0.3) is 0 Å². The van der Waals surface area contributed by atoms with Crippen molar-refractivity contribution in [1.29, 1.82) is 0 Å². The number of methoxy groups -OCH3 is 2. The molecule has 0 aliphatic carbocycles. The lowest BCUT2D eigenvalue weighted by Gasteiger charge is -2.39. The molecule has 1 aliphatic heterocycles. The molecule has 0 spiro atoms. The lowest BCUT2D eigenvalue weighted by molar-refractivity contribution is -0.143. The summed E-state index contributed by atoms with van der Waals surface area (Å²) < 4.78 is 95.0. The first-order chi connectivity index (χ1) is 17.7. The van der Waals surface area contributed by atoms with E-state index >= 15 is 0 Å². The van der Waals surface area contributed by atoms with Crippen molar-refractivity contribution in [3.63, 3.8) is 0 Å². The number of nitrogens with one attached hydrogen (secondary N) is 1. The number of hydrogen-bond acceptors (Lipinski definition) is 6. The van der Waals surface area contributed by atoms with Gasteiger partial charge in [0, 0.05) is 18.6 Å². The van der Waals surface area contributed by atoms with Crippen molar-refractivity contribution >= 4 is 17.7 Å². The van der Waals surface area contributed by atoms with Crippen LogP contribution in [0.15, 0.2) is 30.3 Å². The van der Waals surface area contributed by atoms with E-state index < -0.39 is 47.6 Å². The zero-order valence-electron chi connectivity index (χ0n) is 20.9. The van der Waals surface area contributed by atoms with E-state index in [0.29, 0.717) is 17.7 Å². The fraction of sp³-hybridized carbons (Fsp3) is 0.440. The number of ether oxygens (including phenoxy) is 3. The number of esters is 1. The van der Waals surface area contributed by atoms with Gasteiger partial charge in [-0.1, -0.05) is 0 Å². The fourth-order valence-corrected chi connectivity index (χ4v) is 4.35. The van der Waals surface area contributed by atoms with Gasteiger partial charge < -0.3 is 19.5 Å². The molecule has 2 atom stereocenters. The third kappa shape index (κ3) is 6.14. The Morgan fingerprint density at radius 2 is 1.61 bits per heavy atom. The first-order valence-electron chi connectivity index (χ1n) is 11.5. The number of rotatable bonds is 6. The van der Waals surface area contributed by atoms with E-state index in [1.165, 1.54) is 31.3 Å². The lowest BCUT2D eigenvalue weighted by Crippen LogP contribution is -2.46. The van der Waals surface area contributed by atoms with E-state index in [4.69, 9.17) is 14.2 Å². The number of nitrogens with zero attached hydrogens (tertiary/aromatic N) is 1. The molecule has 3 rings (SSSR count). The van der Waals surface area contributed by atoms with Gasteiger partial charge in [0.15, 0.2) is 0 Å². The molecule has 1 N–H and O–H groups in total. The second-order valence-electron chi connectivity index (χ2n) is 8.60. The minimum absolute atomic E-state index is 0.0172. The molecule has 0 unspecified atom stereocenters. The quantitative estimate of drug-likeness (QED) is 0.347. The topological polar surface area (TPSA) is 77.1 Å². The minimum Gasteiger partial charge on any atom is -0.496 e. The van der Waals surface area contributed by atoms with E-state index in [-0.39, 0.29) is 48.2 Å². The van der Waals surface area contributed by atoms with Gasteiger partial charge in [-0.15, -0.1) is 0 Å². The van der Waals surface area contributed by atoms with Crippen molar-refractivity contribution in [2.75, 3.05) is 25.7 Å². The number of carbonyl (C=O) groups excluding carboxylic acids is 2. The van der Waals surface area contributed by atoms with Gasteiger partial charge in [0.1, 0.15) is 11.3 Å². The van der Waals surface area contributed by atoms with E-state index in [1.54, 1.807) is 13.8 Å². The zero-order valence-corrected chi connectivity index (χ0v) is 20.9. The van der Waals surface area contributed by atoms with Crippen molar-refractivity contribution in [2.45, 2.75) is 51.2 Å². The Kier molecular flexibility index (Phi) is 8.49. The maximum Gasteiger partial charge on any atom is 0.416 e. The molecule has 0 fully saturated rings. The highest BCUT2D eigenvalue weighted by Gasteiger charge is 2.38. The standard InChI is InChI=1S/C25H26F6N2O5/c1-5-38-23(35)33-13(2)6-19(17-11-21(36-3)18(10-20(17)33)22(34)37-4)32-12-14-7-15(24(26,27)28)9-16(8-14)25(29,30)31/h7-11,13,19,32H,5-6,12H2,1-4H3/t13-,19+/m0/s1. The summed E-state index contributed by atoms with van der Waals surface area (Å²) in [6.07, 6.45) is -10.4. The smallest absolute Gasteiger partial charge is 0.416 e. The molecule has 0 bridgehead atoms. The monoisotopic (exact) mass is 548 g/mol. The van der Waals surface area contributed by atoms with Crippen molar-refractivity contribution in [3.05, 3.63) is 58.1 Å². The summed E-state index contributed by atoms with van der Waals surface area (Å²) in [5.41, 5.74) is -2.35. The highest BCUT2D eigenvalue weighted by atomic mass is 19.4. The van der Waals surface area contributed by atoms with Crippen molar-refractivity contribution in [3.8, 4) is 5.75 Å². The predicted octanol–water partition coefficient (Wildman–Crippen LogP) is 6.11. The maximum atomic E-state index is 13.3. The lowest BCUT2D eigenvalue weighted by atomic mass is 9.90. The summed E-state index contributed by atoms with van der Waals surface area (Å²) in [5, 5.41) is 3.00. The van der Waals surface area contributed by atoms with Crippen LogP contribution in [-0.2, 0) is 28.4 Å². The normalized spacial score (nSPS) is 17.6. The molecule has 0 radical (unpaired) electrons. The highest BCUT2D eigenvalue weighted by Crippen LogP contribution is 2.42. The molecule has 1 amide bonds. The van der Waals surface area contributed by atoms with Crippen LogP contribution in [0.4, 0.5) is 36.8 Å². The molecular formula is C25H26F6N2O5. The van der Waals surface area contributed by atoms with Crippen LogP contribution in [0, 0.1) is 0 Å². The number of alkyl halides is 6. The molecule has 1 heterocycles. The Hall–Kier alpha value is -3.48. The molecular weight excluding hydrogens is 522 g/mol. The summed E-state index contributed by atoms with van der Waals surface area (Å²) in [5.74, 6) is -0.626. The Balaban J connectivity index is 2.05. The van der Waals surface area contributed by atoms with Crippen LogP contribution in [0.1, 0.15) is 58.9 Å². The second kappa shape index (κ2) is 11.1. The van der Waals surface area contributed by atoms with Gasteiger partial charge in [-0.25, -0.2) is 9.59 Å². The van der Waals surface area contributed by atoms with Gasteiger partial charge >= 0.3 is 24.4 Å². The van der Waals surface area contributed by atoms with Crippen LogP contribution in [0.5, 0.6) is 5.75 Å². The van der Waals surface area contributed by atoms with Crippen LogP contribution in [0.3, 0.4) is 0 Å². The van der Waals surface area contributed by atoms with Crippen molar-refractivity contribution in [1.82, 2.24) is 5.32 Å². The average Bonchev–Trinajstić information content (AvgIpc) is 2.84. The number of anilines is 1. The molecule has 1 aliphatic rings. The van der Waals surface area contributed by atoms with E-state index in [1.807, 2.05) is 0 Å².